The highest BCUT2D eigenvalue weighted by atomic mass is 35.5. The van der Waals surface area contributed by atoms with Crippen LogP contribution < -0.4 is 10.2 Å². The van der Waals surface area contributed by atoms with E-state index in [9.17, 15) is 4.79 Å². The molecule has 0 fully saturated rings. The standard InChI is InChI=1S/C15H14ClN3O2/c1-11(21-14-6-4-13(16)5-7-14)15(20)19-18-10-12-3-2-8-17-9-12/h2-11H,1H3,(H,19,20). The van der Waals surface area contributed by atoms with Crippen molar-refractivity contribution >= 4 is 23.7 Å². The van der Waals surface area contributed by atoms with Crippen LogP contribution in [0.1, 0.15) is 12.5 Å². The lowest BCUT2D eigenvalue weighted by Crippen LogP contribution is -2.33. The van der Waals surface area contributed by atoms with Crippen LogP contribution in [0.2, 0.25) is 5.02 Å². The maximum atomic E-state index is 11.8. The van der Waals surface area contributed by atoms with E-state index < -0.39 is 6.10 Å². The van der Waals surface area contributed by atoms with Crippen molar-refractivity contribution in [2.24, 2.45) is 5.10 Å². The lowest BCUT2D eigenvalue weighted by Gasteiger charge is -2.12. The summed E-state index contributed by atoms with van der Waals surface area (Å²) in [6, 6.07) is 10.4. The molecule has 0 aliphatic carbocycles. The van der Waals surface area contributed by atoms with Gasteiger partial charge < -0.3 is 4.74 Å². The molecular formula is C15H14ClN3O2. The Balaban J connectivity index is 1.85. The lowest BCUT2D eigenvalue weighted by atomic mass is 10.3. The second-order valence-electron chi connectivity index (χ2n) is 4.23. The summed E-state index contributed by atoms with van der Waals surface area (Å²) in [5.41, 5.74) is 3.21. The molecule has 1 unspecified atom stereocenters. The van der Waals surface area contributed by atoms with Gasteiger partial charge in [-0.1, -0.05) is 17.7 Å². The monoisotopic (exact) mass is 303 g/mol. The van der Waals surface area contributed by atoms with Gasteiger partial charge in [0.1, 0.15) is 5.75 Å². The van der Waals surface area contributed by atoms with Crippen molar-refractivity contribution in [1.82, 2.24) is 10.4 Å². The van der Waals surface area contributed by atoms with E-state index in [1.807, 2.05) is 6.07 Å². The number of carbonyl (C=O) groups is 1. The van der Waals surface area contributed by atoms with Gasteiger partial charge in [0.05, 0.1) is 6.21 Å². The molecule has 0 bridgehead atoms. The number of nitrogens with zero attached hydrogens (tertiary/aromatic N) is 2. The predicted octanol–water partition coefficient (Wildman–Crippen LogP) is 2.65. The van der Waals surface area contributed by atoms with Gasteiger partial charge in [-0.05, 0) is 37.3 Å². The van der Waals surface area contributed by atoms with Gasteiger partial charge in [-0.15, -0.1) is 0 Å². The first-order valence-electron chi connectivity index (χ1n) is 6.30. The Morgan fingerprint density at radius 1 is 1.38 bits per heavy atom. The van der Waals surface area contributed by atoms with E-state index in [4.69, 9.17) is 16.3 Å². The third-order valence-electron chi connectivity index (χ3n) is 2.57. The third-order valence-corrected chi connectivity index (χ3v) is 2.82. The number of rotatable bonds is 5. The van der Waals surface area contributed by atoms with Gasteiger partial charge >= 0.3 is 0 Å². The number of carbonyl (C=O) groups excluding carboxylic acids is 1. The number of benzene rings is 1. The Morgan fingerprint density at radius 3 is 2.81 bits per heavy atom. The van der Waals surface area contributed by atoms with Gasteiger partial charge in [-0.2, -0.15) is 5.10 Å². The molecule has 1 N–H and O–H groups in total. The van der Waals surface area contributed by atoms with E-state index in [1.54, 1.807) is 49.6 Å². The largest absolute Gasteiger partial charge is 0.481 e. The van der Waals surface area contributed by atoms with Gasteiger partial charge in [0, 0.05) is 23.0 Å². The maximum absolute atomic E-state index is 11.8. The molecule has 2 aromatic rings. The van der Waals surface area contributed by atoms with Gasteiger partial charge in [0.2, 0.25) is 0 Å². The summed E-state index contributed by atoms with van der Waals surface area (Å²) in [5.74, 6) is 0.225. The van der Waals surface area contributed by atoms with Crippen LogP contribution in [0.25, 0.3) is 0 Å². The van der Waals surface area contributed by atoms with Gasteiger partial charge in [-0.25, -0.2) is 5.43 Å². The molecule has 108 valence electrons. The maximum Gasteiger partial charge on any atom is 0.280 e. The summed E-state index contributed by atoms with van der Waals surface area (Å²) >= 11 is 5.78. The first-order chi connectivity index (χ1) is 10.1. The number of ether oxygens (including phenoxy) is 1. The number of halogens is 1. The number of amides is 1. The molecule has 1 aromatic carbocycles. The fourth-order valence-corrected chi connectivity index (χ4v) is 1.61. The van der Waals surface area contributed by atoms with E-state index in [1.165, 1.54) is 6.21 Å². The summed E-state index contributed by atoms with van der Waals surface area (Å²) < 4.78 is 5.48. The Bertz CT molecular complexity index is 615. The van der Waals surface area contributed by atoms with Gasteiger partial charge in [0.25, 0.3) is 5.91 Å². The van der Waals surface area contributed by atoms with E-state index >= 15 is 0 Å². The molecule has 0 saturated carbocycles. The second kappa shape index (κ2) is 7.40. The second-order valence-corrected chi connectivity index (χ2v) is 4.67. The molecule has 0 spiro atoms. The molecule has 2 rings (SSSR count). The average Bonchev–Trinajstić information content (AvgIpc) is 2.50. The van der Waals surface area contributed by atoms with Crippen LogP contribution in [0.15, 0.2) is 53.9 Å². The van der Waals surface area contributed by atoms with Crippen LogP contribution in [0.3, 0.4) is 0 Å². The molecular weight excluding hydrogens is 290 g/mol. The molecule has 0 radical (unpaired) electrons. The molecule has 1 aromatic heterocycles. The van der Waals surface area contributed by atoms with Crippen molar-refractivity contribution in [3.05, 3.63) is 59.4 Å². The Kier molecular flexibility index (Phi) is 5.29. The molecule has 1 amide bonds. The van der Waals surface area contributed by atoms with Crippen LogP contribution in [-0.2, 0) is 4.79 Å². The third kappa shape index (κ3) is 4.89. The van der Waals surface area contributed by atoms with E-state index in [0.29, 0.717) is 10.8 Å². The van der Waals surface area contributed by atoms with Crippen LogP contribution in [-0.4, -0.2) is 23.2 Å². The van der Waals surface area contributed by atoms with Crippen molar-refractivity contribution in [3.63, 3.8) is 0 Å². The first-order valence-corrected chi connectivity index (χ1v) is 6.68. The van der Waals surface area contributed by atoms with E-state index in [-0.39, 0.29) is 5.91 Å². The summed E-state index contributed by atoms with van der Waals surface area (Å²) in [5, 5.41) is 4.46. The zero-order valence-electron chi connectivity index (χ0n) is 11.4. The summed E-state index contributed by atoms with van der Waals surface area (Å²) in [4.78, 5) is 15.8. The minimum atomic E-state index is -0.669. The zero-order valence-corrected chi connectivity index (χ0v) is 12.1. The molecule has 5 nitrogen and oxygen atoms in total. The summed E-state index contributed by atoms with van der Waals surface area (Å²) in [7, 11) is 0. The van der Waals surface area contributed by atoms with Crippen LogP contribution in [0.4, 0.5) is 0 Å². The van der Waals surface area contributed by atoms with Crippen molar-refractivity contribution in [3.8, 4) is 5.75 Å². The lowest BCUT2D eigenvalue weighted by molar-refractivity contribution is -0.127. The molecule has 0 aliphatic heterocycles. The van der Waals surface area contributed by atoms with E-state index in [0.717, 1.165) is 5.56 Å². The topological polar surface area (TPSA) is 63.6 Å². The molecule has 1 atom stereocenters. The number of hydrogen-bond donors (Lipinski definition) is 1. The minimum Gasteiger partial charge on any atom is -0.481 e. The zero-order chi connectivity index (χ0) is 15.1. The van der Waals surface area contributed by atoms with Crippen LogP contribution in [0.5, 0.6) is 5.75 Å². The highest BCUT2D eigenvalue weighted by Gasteiger charge is 2.13. The molecule has 21 heavy (non-hydrogen) atoms. The molecule has 1 heterocycles. The average molecular weight is 304 g/mol. The normalized spacial score (nSPS) is 12.1. The van der Waals surface area contributed by atoms with E-state index in [2.05, 4.69) is 15.5 Å². The number of aromatic nitrogens is 1. The van der Waals surface area contributed by atoms with Gasteiger partial charge in [0.15, 0.2) is 6.10 Å². The fraction of sp³-hybridized carbons (Fsp3) is 0.133. The fourth-order valence-electron chi connectivity index (χ4n) is 1.48. The Labute approximate surface area is 127 Å². The van der Waals surface area contributed by atoms with Crippen molar-refractivity contribution in [1.29, 1.82) is 0 Å². The number of hydrogen-bond acceptors (Lipinski definition) is 4. The highest BCUT2D eigenvalue weighted by molar-refractivity contribution is 6.30. The Morgan fingerprint density at radius 2 is 2.14 bits per heavy atom. The number of hydrazone groups is 1. The van der Waals surface area contributed by atoms with Crippen LogP contribution >= 0.6 is 11.6 Å². The molecule has 6 heteroatoms. The van der Waals surface area contributed by atoms with Crippen molar-refractivity contribution in [2.45, 2.75) is 13.0 Å². The highest BCUT2D eigenvalue weighted by Crippen LogP contribution is 2.16. The first kappa shape index (κ1) is 15.0. The predicted molar refractivity (Wildman–Crippen MR) is 81.5 cm³/mol. The molecule has 0 aliphatic rings. The van der Waals surface area contributed by atoms with Gasteiger partial charge in [-0.3, -0.25) is 9.78 Å². The number of nitrogens with one attached hydrogen (secondary N) is 1. The summed E-state index contributed by atoms with van der Waals surface area (Å²) in [6.07, 6.45) is 4.15. The van der Waals surface area contributed by atoms with Crippen molar-refractivity contribution < 1.29 is 9.53 Å². The Hall–Kier alpha value is -2.40. The quantitative estimate of drug-likeness (QED) is 0.682. The molecule has 0 saturated heterocycles. The smallest absolute Gasteiger partial charge is 0.280 e. The SMILES string of the molecule is CC(Oc1ccc(Cl)cc1)C(=O)NN=Cc1cccnc1. The van der Waals surface area contributed by atoms with Crippen LogP contribution in [0, 0.1) is 0 Å². The minimum absolute atomic E-state index is 0.343. The number of pyridine rings is 1. The summed E-state index contributed by atoms with van der Waals surface area (Å²) in [6.45, 7) is 1.64. The van der Waals surface area contributed by atoms with Crippen molar-refractivity contribution in [2.75, 3.05) is 0 Å².